The van der Waals surface area contributed by atoms with Crippen molar-refractivity contribution in [1.82, 2.24) is 9.80 Å². The van der Waals surface area contributed by atoms with Crippen LogP contribution in [0.5, 0.6) is 5.75 Å². The predicted octanol–water partition coefficient (Wildman–Crippen LogP) is 4.44. The molecule has 0 N–H and O–H groups in total. The molecule has 1 aliphatic heterocycles. The van der Waals surface area contributed by atoms with Gasteiger partial charge in [-0.05, 0) is 48.4 Å². The maximum Gasteiger partial charge on any atom is 0.289 e. The van der Waals surface area contributed by atoms with Crippen LogP contribution in [0.25, 0.3) is 11.0 Å². The molecule has 0 atom stereocenters. The van der Waals surface area contributed by atoms with Crippen LogP contribution in [0.2, 0.25) is 5.02 Å². The lowest BCUT2D eigenvalue weighted by Gasteiger charge is -2.21. The van der Waals surface area contributed by atoms with E-state index in [2.05, 4.69) is 17.0 Å². The number of carbonyl (C=O) groups excluding carboxylic acids is 1. The van der Waals surface area contributed by atoms with Gasteiger partial charge in [-0.25, -0.2) is 0 Å². The van der Waals surface area contributed by atoms with Crippen LogP contribution < -0.4 is 4.74 Å². The summed E-state index contributed by atoms with van der Waals surface area (Å²) >= 11 is 6.03. The number of furan rings is 1. The lowest BCUT2D eigenvalue weighted by Crippen LogP contribution is -2.34. The molecule has 1 saturated heterocycles. The molecule has 2 aromatic carbocycles. The van der Waals surface area contributed by atoms with E-state index in [9.17, 15) is 4.79 Å². The Labute approximate surface area is 169 Å². The van der Waals surface area contributed by atoms with Crippen LogP contribution in [-0.2, 0) is 6.54 Å². The summed E-state index contributed by atoms with van der Waals surface area (Å²) in [5.74, 6) is 1.18. The summed E-state index contributed by atoms with van der Waals surface area (Å²) in [4.78, 5) is 17.2. The number of amides is 1. The molecule has 0 spiro atoms. The molecule has 1 aliphatic rings. The maximum absolute atomic E-state index is 12.9. The number of rotatable bonds is 4. The largest absolute Gasteiger partial charge is 0.497 e. The zero-order valence-electron chi connectivity index (χ0n) is 15.9. The first-order valence-electron chi connectivity index (χ1n) is 9.46. The molecule has 1 amide bonds. The SMILES string of the molecule is COc1ccc(CN2CCCN(C(=O)c3cc4cc(Cl)ccc4o3)CC2)cc1. The summed E-state index contributed by atoms with van der Waals surface area (Å²) in [6.07, 6.45) is 0.938. The molecular formula is C22H23ClN2O3. The highest BCUT2D eigenvalue weighted by molar-refractivity contribution is 6.31. The number of halogens is 1. The summed E-state index contributed by atoms with van der Waals surface area (Å²) in [5, 5.41) is 1.49. The Morgan fingerprint density at radius 2 is 1.89 bits per heavy atom. The predicted molar refractivity (Wildman–Crippen MR) is 110 cm³/mol. The van der Waals surface area contributed by atoms with Gasteiger partial charge < -0.3 is 14.1 Å². The van der Waals surface area contributed by atoms with Crippen LogP contribution in [0.4, 0.5) is 0 Å². The lowest BCUT2D eigenvalue weighted by atomic mass is 10.2. The minimum absolute atomic E-state index is 0.0568. The zero-order chi connectivity index (χ0) is 19.5. The Kier molecular flexibility index (Phi) is 5.55. The molecule has 6 heteroatoms. The van der Waals surface area contributed by atoms with Crippen molar-refractivity contribution in [3.05, 3.63) is 64.9 Å². The summed E-state index contributed by atoms with van der Waals surface area (Å²) in [7, 11) is 1.67. The number of ether oxygens (including phenoxy) is 1. The highest BCUT2D eigenvalue weighted by Gasteiger charge is 2.23. The molecule has 0 unspecified atom stereocenters. The Hall–Kier alpha value is -2.50. The first kappa shape index (κ1) is 18.8. The fraction of sp³-hybridized carbons (Fsp3) is 0.318. The van der Waals surface area contributed by atoms with Crippen molar-refractivity contribution in [2.45, 2.75) is 13.0 Å². The van der Waals surface area contributed by atoms with E-state index in [1.807, 2.05) is 23.1 Å². The van der Waals surface area contributed by atoms with Gasteiger partial charge in [-0.3, -0.25) is 9.69 Å². The van der Waals surface area contributed by atoms with E-state index in [1.54, 1.807) is 25.3 Å². The van der Waals surface area contributed by atoms with Crippen LogP contribution in [0, 0.1) is 0 Å². The molecule has 0 saturated carbocycles. The quantitative estimate of drug-likeness (QED) is 0.651. The van der Waals surface area contributed by atoms with Crippen LogP contribution in [0.15, 0.2) is 52.9 Å². The standard InChI is InChI=1S/C22H23ClN2O3/c1-27-19-6-3-16(4-7-19)15-24-9-2-10-25(12-11-24)22(26)21-14-17-13-18(23)5-8-20(17)28-21/h3-8,13-14H,2,9-12,15H2,1H3. The van der Waals surface area contributed by atoms with E-state index in [4.69, 9.17) is 20.8 Å². The molecule has 146 valence electrons. The molecule has 0 radical (unpaired) electrons. The molecule has 1 aromatic heterocycles. The molecular weight excluding hydrogens is 376 g/mol. The van der Waals surface area contributed by atoms with E-state index in [1.165, 1.54) is 5.56 Å². The van der Waals surface area contributed by atoms with Crippen molar-refractivity contribution in [2.75, 3.05) is 33.3 Å². The Morgan fingerprint density at radius 3 is 2.68 bits per heavy atom. The van der Waals surface area contributed by atoms with E-state index in [-0.39, 0.29) is 5.91 Å². The van der Waals surface area contributed by atoms with Crippen LogP contribution in [-0.4, -0.2) is 49.0 Å². The second-order valence-corrected chi connectivity index (χ2v) is 7.50. The first-order valence-corrected chi connectivity index (χ1v) is 9.84. The number of carbonyl (C=O) groups is 1. The van der Waals surface area contributed by atoms with Gasteiger partial charge in [-0.1, -0.05) is 23.7 Å². The number of fused-ring (bicyclic) bond motifs is 1. The maximum atomic E-state index is 12.9. The van der Waals surface area contributed by atoms with Gasteiger partial charge in [0.1, 0.15) is 11.3 Å². The summed E-state index contributed by atoms with van der Waals surface area (Å²) < 4.78 is 11.0. The number of hydrogen-bond donors (Lipinski definition) is 0. The highest BCUT2D eigenvalue weighted by atomic mass is 35.5. The van der Waals surface area contributed by atoms with Crippen molar-refractivity contribution >= 4 is 28.5 Å². The van der Waals surface area contributed by atoms with E-state index in [0.717, 1.165) is 43.7 Å². The molecule has 1 fully saturated rings. The van der Waals surface area contributed by atoms with Crippen molar-refractivity contribution in [2.24, 2.45) is 0 Å². The Bertz CT molecular complexity index is 968. The van der Waals surface area contributed by atoms with Gasteiger partial charge in [-0.15, -0.1) is 0 Å². The van der Waals surface area contributed by atoms with Gasteiger partial charge >= 0.3 is 0 Å². The highest BCUT2D eigenvalue weighted by Crippen LogP contribution is 2.24. The smallest absolute Gasteiger partial charge is 0.289 e. The minimum Gasteiger partial charge on any atom is -0.497 e. The van der Waals surface area contributed by atoms with Gasteiger partial charge in [0.25, 0.3) is 5.91 Å². The second kappa shape index (κ2) is 8.25. The molecule has 2 heterocycles. The third kappa shape index (κ3) is 4.16. The van der Waals surface area contributed by atoms with Crippen LogP contribution >= 0.6 is 11.6 Å². The van der Waals surface area contributed by atoms with Crippen LogP contribution in [0.3, 0.4) is 0 Å². The number of methoxy groups -OCH3 is 1. The summed E-state index contributed by atoms with van der Waals surface area (Å²) in [5.41, 5.74) is 1.93. The topological polar surface area (TPSA) is 45.9 Å². The monoisotopic (exact) mass is 398 g/mol. The molecule has 4 rings (SSSR count). The van der Waals surface area contributed by atoms with Gasteiger partial charge in [-0.2, -0.15) is 0 Å². The van der Waals surface area contributed by atoms with Crippen LogP contribution in [0.1, 0.15) is 22.5 Å². The molecule has 28 heavy (non-hydrogen) atoms. The molecule has 3 aromatic rings. The van der Waals surface area contributed by atoms with Gasteiger partial charge in [0.2, 0.25) is 0 Å². The van der Waals surface area contributed by atoms with Gasteiger partial charge in [0, 0.05) is 43.1 Å². The average Bonchev–Trinajstić information content (AvgIpc) is 2.99. The number of hydrogen-bond acceptors (Lipinski definition) is 4. The van der Waals surface area contributed by atoms with Crippen molar-refractivity contribution < 1.29 is 13.9 Å². The van der Waals surface area contributed by atoms with Crippen molar-refractivity contribution in [1.29, 1.82) is 0 Å². The summed E-state index contributed by atoms with van der Waals surface area (Å²) in [6.45, 7) is 4.09. The third-order valence-electron chi connectivity index (χ3n) is 5.13. The van der Waals surface area contributed by atoms with Crippen molar-refractivity contribution in [3.8, 4) is 5.75 Å². The normalized spacial score (nSPS) is 15.6. The molecule has 0 aliphatic carbocycles. The molecule has 0 bridgehead atoms. The summed E-state index contributed by atoms with van der Waals surface area (Å²) in [6, 6.07) is 15.3. The van der Waals surface area contributed by atoms with Gasteiger partial charge in [0.15, 0.2) is 5.76 Å². The van der Waals surface area contributed by atoms with E-state index < -0.39 is 0 Å². The number of nitrogens with zero attached hydrogens (tertiary/aromatic N) is 2. The second-order valence-electron chi connectivity index (χ2n) is 7.06. The zero-order valence-corrected chi connectivity index (χ0v) is 16.6. The van der Waals surface area contributed by atoms with E-state index >= 15 is 0 Å². The molecule has 5 nitrogen and oxygen atoms in total. The van der Waals surface area contributed by atoms with E-state index in [0.29, 0.717) is 22.9 Å². The average molecular weight is 399 g/mol. The first-order chi connectivity index (χ1) is 13.6. The fourth-order valence-electron chi connectivity index (χ4n) is 3.60. The minimum atomic E-state index is -0.0568. The van der Waals surface area contributed by atoms with Crippen molar-refractivity contribution in [3.63, 3.8) is 0 Å². The Morgan fingerprint density at radius 1 is 1.07 bits per heavy atom. The Balaban J connectivity index is 1.40. The third-order valence-corrected chi connectivity index (χ3v) is 5.37. The lowest BCUT2D eigenvalue weighted by molar-refractivity contribution is 0.0731. The fourth-order valence-corrected chi connectivity index (χ4v) is 3.78. The number of benzene rings is 2. The van der Waals surface area contributed by atoms with Gasteiger partial charge in [0.05, 0.1) is 7.11 Å².